The zero-order chi connectivity index (χ0) is 16.1. The number of carbonyl (C=O) groups excluding carboxylic acids is 1. The molecular formula is C17H19FN4O. The third-order valence-corrected chi connectivity index (χ3v) is 3.97. The van der Waals surface area contributed by atoms with Gasteiger partial charge in [0.2, 0.25) is 0 Å². The van der Waals surface area contributed by atoms with Crippen LogP contribution in [0.3, 0.4) is 0 Å². The number of anilines is 1. The standard InChI is InChI=1S/C17H19FN4O/c18-13-7-5-12(6-8-13)10-19-17(23)15-9-16(21-11-20-15)22-14-3-1-2-4-14/h5-9,11,14H,1-4,10H2,(H,19,23)(H,20,21,22). The predicted octanol–water partition coefficient (Wildman–Crippen LogP) is 2.90. The van der Waals surface area contributed by atoms with Crippen LogP contribution in [0.4, 0.5) is 10.2 Å². The van der Waals surface area contributed by atoms with E-state index in [-0.39, 0.29) is 11.7 Å². The van der Waals surface area contributed by atoms with Gasteiger partial charge in [0.1, 0.15) is 23.7 Å². The van der Waals surface area contributed by atoms with Crippen LogP contribution in [0.2, 0.25) is 0 Å². The number of halogens is 1. The zero-order valence-electron chi connectivity index (χ0n) is 12.8. The Bertz CT molecular complexity index is 669. The van der Waals surface area contributed by atoms with E-state index in [4.69, 9.17) is 0 Å². The van der Waals surface area contributed by atoms with Crippen molar-refractivity contribution in [3.63, 3.8) is 0 Å². The van der Waals surface area contributed by atoms with E-state index in [1.807, 2.05) is 0 Å². The Morgan fingerprint density at radius 2 is 1.91 bits per heavy atom. The Morgan fingerprint density at radius 3 is 2.65 bits per heavy atom. The first kappa shape index (κ1) is 15.4. The first-order valence-electron chi connectivity index (χ1n) is 7.82. The molecule has 0 aliphatic heterocycles. The fourth-order valence-electron chi connectivity index (χ4n) is 2.71. The second kappa shape index (κ2) is 7.17. The van der Waals surface area contributed by atoms with Crippen molar-refractivity contribution in [3.8, 4) is 0 Å². The van der Waals surface area contributed by atoms with Gasteiger partial charge in [0, 0.05) is 18.7 Å². The van der Waals surface area contributed by atoms with Crippen LogP contribution in [0.25, 0.3) is 0 Å². The maximum absolute atomic E-state index is 12.9. The van der Waals surface area contributed by atoms with Gasteiger partial charge in [0.25, 0.3) is 5.91 Å². The van der Waals surface area contributed by atoms with Crippen LogP contribution in [0, 0.1) is 5.82 Å². The number of nitrogens with one attached hydrogen (secondary N) is 2. The summed E-state index contributed by atoms with van der Waals surface area (Å²) in [5.41, 5.74) is 1.15. The molecule has 1 aliphatic rings. The Balaban J connectivity index is 1.59. The third kappa shape index (κ3) is 4.25. The normalized spacial score (nSPS) is 14.7. The Labute approximate surface area is 134 Å². The zero-order valence-corrected chi connectivity index (χ0v) is 12.8. The van der Waals surface area contributed by atoms with Crippen molar-refractivity contribution in [3.05, 3.63) is 53.7 Å². The van der Waals surface area contributed by atoms with Crippen molar-refractivity contribution < 1.29 is 9.18 Å². The molecular weight excluding hydrogens is 295 g/mol. The van der Waals surface area contributed by atoms with Gasteiger partial charge in [0.15, 0.2) is 0 Å². The van der Waals surface area contributed by atoms with Crippen LogP contribution in [0.1, 0.15) is 41.7 Å². The van der Waals surface area contributed by atoms with Gasteiger partial charge in [-0.25, -0.2) is 14.4 Å². The average molecular weight is 314 g/mol. The van der Waals surface area contributed by atoms with Gasteiger partial charge in [-0.1, -0.05) is 25.0 Å². The average Bonchev–Trinajstić information content (AvgIpc) is 3.07. The molecule has 2 N–H and O–H groups in total. The largest absolute Gasteiger partial charge is 0.367 e. The molecule has 1 aliphatic carbocycles. The molecule has 1 heterocycles. The van der Waals surface area contributed by atoms with Crippen molar-refractivity contribution in [2.24, 2.45) is 0 Å². The maximum Gasteiger partial charge on any atom is 0.270 e. The molecule has 0 saturated heterocycles. The van der Waals surface area contributed by atoms with Crippen LogP contribution in [-0.2, 0) is 6.54 Å². The Kier molecular flexibility index (Phi) is 4.80. The summed E-state index contributed by atoms with van der Waals surface area (Å²) in [6.45, 7) is 0.328. The highest BCUT2D eigenvalue weighted by Crippen LogP contribution is 2.21. The quantitative estimate of drug-likeness (QED) is 0.890. The first-order valence-corrected chi connectivity index (χ1v) is 7.82. The molecule has 1 aromatic carbocycles. The minimum Gasteiger partial charge on any atom is -0.367 e. The summed E-state index contributed by atoms with van der Waals surface area (Å²) in [4.78, 5) is 20.4. The lowest BCUT2D eigenvalue weighted by molar-refractivity contribution is 0.0946. The van der Waals surface area contributed by atoms with Crippen LogP contribution >= 0.6 is 0 Å². The van der Waals surface area contributed by atoms with Gasteiger partial charge in [-0.05, 0) is 30.5 Å². The number of rotatable bonds is 5. The van der Waals surface area contributed by atoms with Gasteiger partial charge < -0.3 is 10.6 Å². The van der Waals surface area contributed by atoms with Crippen LogP contribution in [0.5, 0.6) is 0 Å². The van der Waals surface area contributed by atoms with Gasteiger partial charge in [-0.2, -0.15) is 0 Å². The predicted molar refractivity (Wildman–Crippen MR) is 85.5 cm³/mol. The van der Waals surface area contributed by atoms with Crippen LogP contribution < -0.4 is 10.6 Å². The van der Waals surface area contributed by atoms with Crippen LogP contribution in [0.15, 0.2) is 36.7 Å². The summed E-state index contributed by atoms with van der Waals surface area (Å²) in [5, 5.41) is 6.12. The molecule has 2 aromatic rings. The van der Waals surface area contributed by atoms with Crippen molar-refractivity contribution in [2.75, 3.05) is 5.32 Å². The minimum absolute atomic E-state index is 0.272. The molecule has 0 atom stereocenters. The summed E-state index contributed by atoms with van der Waals surface area (Å²) in [6.07, 6.45) is 6.12. The molecule has 0 spiro atoms. The number of carbonyl (C=O) groups is 1. The fraction of sp³-hybridized carbons (Fsp3) is 0.353. The van der Waals surface area contributed by atoms with E-state index < -0.39 is 0 Å². The first-order chi connectivity index (χ1) is 11.2. The molecule has 1 amide bonds. The van der Waals surface area contributed by atoms with Crippen molar-refractivity contribution >= 4 is 11.7 Å². The smallest absolute Gasteiger partial charge is 0.270 e. The highest BCUT2D eigenvalue weighted by atomic mass is 19.1. The summed E-state index contributed by atoms with van der Waals surface area (Å²) < 4.78 is 12.9. The number of hydrogen-bond acceptors (Lipinski definition) is 4. The lowest BCUT2D eigenvalue weighted by Crippen LogP contribution is -2.24. The molecule has 0 radical (unpaired) electrons. The molecule has 23 heavy (non-hydrogen) atoms. The fourth-order valence-corrected chi connectivity index (χ4v) is 2.71. The van der Waals surface area contributed by atoms with Gasteiger partial charge >= 0.3 is 0 Å². The molecule has 3 rings (SSSR count). The molecule has 1 saturated carbocycles. The topological polar surface area (TPSA) is 66.9 Å². The lowest BCUT2D eigenvalue weighted by atomic mass is 10.2. The molecule has 1 aromatic heterocycles. The minimum atomic E-state index is -0.293. The van der Waals surface area contributed by atoms with Crippen molar-refractivity contribution in [1.29, 1.82) is 0 Å². The van der Waals surface area contributed by atoms with Crippen molar-refractivity contribution in [1.82, 2.24) is 15.3 Å². The Morgan fingerprint density at radius 1 is 1.17 bits per heavy atom. The molecule has 1 fully saturated rings. The Hall–Kier alpha value is -2.50. The monoisotopic (exact) mass is 314 g/mol. The number of benzene rings is 1. The van der Waals surface area contributed by atoms with Crippen molar-refractivity contribution in [2.45, 2.75) is 38.3 Å². The second-order valence-corrected chi connectivity index (χ2v) is 5.72. The van der Waals surface area contributed by atoms with E-state index in [1.165, 1.54) is 31.3 Å². The molecule has 0 bridgehead atoms. The van der Waals surface area contributed by atoms with E-state index in [9.17, 15) is 9.18 Å². The number of amides is 1. The van der Waals surface area contributed by atoms with Gasteiger partial charge in [-0.3, -0.25) is 4.79 Å². The summed E-state index contributed by atoms with van der Waals surface area (Å²) in [5.74, 6) is 0.114. The highest BCUT2D eigenvalue weighted by Gasteiger charge is 2.16. The molecule has 120 valence electrons. The molecule has 6 heteroatoms. The van der Waals surface area contributed by atoms with Crippen LogP contribution in [-0.4, -0.2) is 21.9 Å². The maximum atomic E-state index is 12.9. The lowest BCUT2D eigenvalue weighted by Gasteiger charge is -2.12. The van der Waals surface area contributed by atoms with Gasteiger partial charge in [-0.15, -0.1) is 0 Å². The highest BCUT2D eigenvalue weighted by molar-refractivity contribution is 5.92. The summed E-state index contributed by atoms with van der Waals surface area (Å²) in [7, 11) is 0. The van der Waals surface area contributed by atoms with E-state index in [0.717, 1.165) is 18.4 Å². The number of nitrogens with zero attached hydrogens (tertiary/aromatic N) is 2. The van der Waals surface area contributed by atoms with E-state index >= 15 is 0 Å². The van der Waals surface area contributed by atoms with Gasteiger partial charge in [0.05, 0.1) is 0 Å². The summed E-state index contributed by atoms with van der Waals surface area (Å²) >= 11 is 0. The molecule has 5 nitrogen and oxygen atoms in total. The summed E-state index contributed by atoms with van der Waals surface area (Å²) in [6, 6.07) is 8.12. The SMILES string of the molecule is O=C(NCc1ccc(F)cc1)c1cc(NC2CCCC2)ncn1. The number of aromatic nitrogens is 2. The second-order valence-electron chi connectivity index (χ2n) is 5.72. The third-order valence-electron chi connectivity index (χ3n) is 3.97. The van der Waals surface area contributed by atoms with E-state index in [2.05, 4.69) is 20.6 Å². The van der Waals surface area contributed by atoms with E-state index in [0.29, 0.717) is 24.1 Å². The molecule has 0 unspecified atom stereocenters. The number of hydrogen-bond donors (Lipinski definition) is 2. The van der Waals surface area contributed by atoms with E-state index in [1.54, 1.807) is 18.2 Å².